The largest absolute Gasteiger partial charge is 0.247 e. The third-order valence-electron chi connectivity index (χ3n) is 6.92. The van der Waals surface area contributed by atoms with Crippen LogP contribution in [0.3, 0.4) is 0 Å². The zero-order valence-corrected chi connectivity index (χ0v) is 17.1. The van der Waals surface area contributed by atoms with E-state index in [-0.39, 0.29) is 0 Å². The molecule has 1 aromatic heterocycles. The summed E-state index contributed by atoms with van der Waals surface area (Å²) in [5.74, 6) is 1.39. The van der Waals surface area contributed by atoms with Crippen LogP contribution < -0.4 is 0 Å². The number of aryl methyl sites for hydroxylation is 2. The molecular formula is C28H25N. The second-order valence-corrected chi connectivity index (χ2v) is 8.97. The van der Waals surface area contributed by atoms with Crippen molar-refractivity contribution in [1.82, 2.24) is 4.98 Å². The molecule has 1 heterocycles. The van der Waals surface area contributed by atoms with E-state index in [4.69, 9.17) is 4.98 Å². The van der Waals surface area contributed by atoms with Crippen molar-refractivity contribution >= 4 is 10.9 Å². The van der Waals surface area contributed by atoms with Gasteiger partial charge in [0.2, 0.25) is 0 Å². The molecule has 1 heteroatoms. The highest BCUT2D eigenvalue weighted by molar-refractivity contribution is 5.92. The first kappa shape index (κ1) is 17.0. The molecule has 0 spiro atoms. The van der Waals surface area contributed by atoms with Crippen molar-refractivity contribution in [3.8, 4) is 22.4 Å². The molecule has 142 valence electrons. The van der Waals surface area contributed by atoms with Crippen molar-refractivity contribution in [2.24, 2.45) is 0 Å². The highest BCUT2D eigenvalue weighted by Crippen LogP contribution is 2.57. The normalized spacial score (nSPS) is 19.7. The SMILES string of the molecule is Cc1cc(C)cc(-c2nc3ccc(-c4ccccc4)cc3c3c2C2CCC3C2)c1. The van der Waals surface area contributed by atoms with Gasteiger partial charge in [-0.15, -0.1) is 0 Å². The molecule has 4 aromatic rings. The van der Waals surface area contributed by atoms with Gasteiger partial charge in [-0.1, -0.05) is 53.6 Å². The van der Waals surface area contributed by atoms with Gasteiger partial charge >= 0.3 is 0 Å². The van der Waals surface area contributed by atoms with E-state index in [2.05, 4.69) is 80.6 Å². The Kier molecular flexibility index (Phi) is 3.68. The monoisotopic (exact) mass is 375 g/mol. The van der Waals surface area contributed by atoms with Crippen LogP contribution >= 0.6 is 0 Å². The molecule has 0 aliphatic heterocycles. The Morgan fingerprint density at radius 3 is 2.17 bits per heavy atom. The predicted octanol–water partition coefficient (Wildman–Crippen LogP) is 7.55. The summed E-state index contributed by atoms with van der Waals surface area (Å²) >= 11 is 0. The Hall–Kier alpha value is -2.93. The maximum atomic E-state index is 5.25. The lowest BCUT2D eigenvalue weighted by Crippen LogP contribution is -2.04. The molecule has 3 aromatic carbocycles. The number of hydrogen-bond acceptors (Lipinski definition) is 1. The minimum absolute atomic E-state index is 0.683. The summed E-state index contributed by atoms with van der Waals surface area (Å²) in [5, 5.41) is 1.38. The van der Waals surface area contributed by atoms with Gasteiger partial charge in [-0.05, 0) is 91.5 Å². The van der Waals surface area contributed by atoms with E-state index in [9.17, 15) is 0 Å². The Morgan fingerprint density at radius 1 is 0.690 bits per heavy atom. The van der Waals surface area contributed by atoms with Gasteiger partial charge in [-0.25, -0.2) is 4.98 Å². The average Bonchev–Trinajstić information content (AvgIpc) is 3.35. The van der Waals surface area contributed by atoms with E-state index in [0.717, 1.165) is 5.52 Å². The lowest BCUT2D eigenvalue weighted by Gasteiger charge is -2.22. The first-order chi connectivity index (χ1) is 14.2. The predicted molar refractivity (Wildman–Crippen MR) is 121 cm³/mol. The minimum atomic E-state index is 0.683. The molecule has 1 fully saturated rings. The van der Waals surface area contributed by atoms with E-state index < -0.39 is 0 Å². The van der Waals surface area contributed by atoms with Gasteiger partial charge < -0.3 is 0 Å². The van der Waals surface area contributed by atoms with Crippen molar-refractivity contribution in [2.45, 2.75) is 44.9 Å². The van der Waals surface area contributed by atoms with Crippen LogP contribution in [0.25, 0.3) is 33.3 Å². The zero-order chi connectivity index (χ0) is 19.5. The zero-order valence-electron chi connectivity index (χ0n) is 17.1. The van der Waals surface area contributed by atoms with Crippen LogP contribution in [0.15, 0.2) is 66.7 Å². The van der Waals surface area contributed by atoms with Crippen LogP contribution in [0.2, 0.25) is 0 Å². The lowest BCUT2D eigenvalue weighted by atomic mass is 9.85. The molecule has 0 radical (unpaired) electrons. The highest BCUT2D eigenvalue weighted by Gasteiger charge is 2.40. The molecule has 1 saturated carbocycles. The van der Waals surface area contributed by atoms with E-state index in [1.54, 1.807) is 11.1 Å². The first-order valence-electron chi connectivity index (χ1n) is 10.8. The molecule has 2 atom stereocenters. The number of rotatable bonds is 2. The molecule has 2 aliphatic rings. The molecule has 2 unspecified atom stereocenters. The molecular weight excluding hydrogens is 350 g/mol. The lowest BCUT2D eigenvalue weighted by molar-refractivity contribution is 0.720. The van der Waals surface area contributed by atoms with Crippen LogP contribution in [0.5, 0.6) is 0 Å². The third kappa shape index (κ3) is 2.64. The van der Waals surface area contributed by atoms with Crippen molar-refractivity contribution in [3.63, 3.8) is 0 Å². The van der Waals surface area contributed by atoms with Gasteiger partial charge in [0.1, 0.15) is 0 Å². The number of hydrogen-bond donors (Lipinski definition) is 0. The smallest absolute Gasteiger partial charge is 0.0747 e. The van der Waals surface area contributed by atoms with Crippen molar-refractivity contribution in [2.75, 3.05) is 0 Å². The minimum Gasteiger partial charge on any atom is -0.247 e. The van der Waals surface area contributed by atoms with Crippen LogP contribution in [-0.2, 0) is 0 Å². The molecule has 2 bridgehead atoms. The molecule has 2 aliphatic carbocycles. The van der Waals surface area contributed by atoms with Gasteiger partial charge in [0, 0.05) is 10.9 Å². The molecule has 0 saturated heterocycles. The Balaban J connectivity index is 1.63. The van der Waals surface area contributed by atoms with Crippen molar-refractivity contribution < 1.29 is 0 Å². The first-order valence-corrected chi connectivity index (χ1v) is 10.8. The summed E-state index contributed by atoms with van der Waals surface area (Å²) in [6, 6.07) is 24.4. The number of benzene rings is 3. The summed E-state index contributed by atoms with van der Waals surface area (Å²) in [7, 11) is 0. The quantitative estimate of drug-likeness (QED) is 0.352. The van der Waals surface area contributed by atoms with Gasteiger partial charge in [0.25, 0.3) is 0 Å². The summed E-state index contributed by atoms with van der Waals surface area (Å²) < 4.78 is 0. The fourth-order valence-electron chi connectivity index (χ4n) is 5.80. The average molecular weight is 376 g/mol. The summed E-state index contributed by atoms with van der Waals surface area (Å²) in [6.45, 7) is 4.38. The maximum Gasteiger partial charge on any atom is 0.0747 e. The second kappa shape index (κ2) is 6.29. The molecule has 6 rings (SSSR count). The summed E-state index contributed by atoms with van der Waals surface area (Å²) in [6.07, 6.45) is 3.96. The van der Waals surface area contributed by atoms with Crippen LogP contribution in [0, 0.1) is 13.8 Å². The molecule has 29 heavy (non-hydrogen) atoms. The summed E-state index contributed by atoms with van der Waals surface area (Å²) in [5.41, 5.74) is 12.0. The summed E-state index contributed by atoms with van der Waals surface area (Å²) in [4.78, 5) is 5.25. The van der Waals surface area contributed by atoms with E-state index >= 15 is 0 Å². The standard InChI is InChI=1S/C28H25N/c1-17-12-18(2)14-23(13-17)28-27-22-9-8-21(15-22)26(27)24-16-20(10-11-25(24)29-28)19-6-4-3-5-7-19/h3-7,10-14,16,21-22H,8-9,15H2,1-2H3. The maximum absolute atomic E-state index is 5.25. The Morgan fingerprint density at radius 2 is 1.41 bits per heavy atom. The fourth-order valence-corrected chi connectivity index (χ4v) is 5.80. The van der Waals surface area contributed by atoms with Crippen LogP contribution in [0.1, 0.15) is 53.4 Å². The Bertz CT molecular complexity index is 1230. The highest BCUT2D eigenvalue weighted by atomic mass is 14.7. The number of pyridine rings is 1. The number of aromatic nitrogens is 1. The number of nitrogens with zero attached hydrogens (tertiary/aromatic N) is 1. The topological polar surface area (TPSA) is 12.9 Å². The van der Waals surface area contributed by atoms with E-state index in [1.807, 2.05) is 0 Å². The third-order valence-corrected chi connectivity index (χ3v) is 6.92. The Labute approximate surface area is 172 Å². The van der Waals surface area contributed by atoms with E-state index in [1.165, 1.54) is 58.2 Å². The van der Waals surface area contributed by atoms with Gasteiger partial charge in [0.15, 0.2) is 0 Å². The van der Waals surface area contributed by atoms with Gasteiger partial charge in [-0.2, -0.15) is 0 Å². The molecule has 0 N–H and O–H groups in total. The van der Waals surface area contributed by atoms with Crippen molar-refractivity contribution in [3.05, 3.63) is 89.0 Å². The molecule has 1 nitrogen and oxygen atoms in total. The van der Waals surface area contributed by atoms with Crippen LogP contribution in [0.4, 0.5) is 0 Å². The van der Waals surface area contributed by atoms with Gasteiger partial charge in [0.05, 0.1) is 11.2 Å². The number of fused-ring (bicyclic) bond motifs is 7. The van der Waals surface area contributed by atoms with Crippen molar-refractivity contribution in [1.29, 1.82) is 0 Å². The van der Waals surface area contributed by atoms with E-state index in [0.29, 0.717) is 11.8 Å². The fraction of sp³-hybridized carbons (Fsp3) is 0.250. The van der Waals surface area contributed by atoms with Gasteiger partial charge in [-0.3, -0.25) is 0 Å². The molecule has 0 amide bonds. The second-order valence-electron chi connectivity index (χ2n) is 8.97. The van der Waals surface area contributed by atoms with Crippen LogP contribution in [-0.4, -0.2) is 4.98 Å².